The van der Waals surface area contributed by atoms with E-state index in [0.717, 1.165) is 23.2 Å². The van der Waals surface area contributed by atoms with Crippen molar-refractivity contribution in [3.8, 4) is 11.5 Å². The molecular weight excluding hydrogens is 405 g/mol. The van der Waals surface area contributed by atoms with Gasteiger partial charge in [0.15, 0.2) is 11.5 Å². The molecule has 2 aromatic carbocycles. The molecule has 2 amide bonds. The van der Waals surface area contributed by atoms with Crippen LogP contribution < -0.4 is 19.9 Å². The van der Waals surface area contributed by atoms with Gasteiger partial charge in [0, 0.05) is 6.92 Å². The van der Waals surface area contributed by atoms with E-state index >= 15 is 0 Å². The molecule has 0 unspecified atom stereocenters. The monoisotopic (exact) mass is 420 g/mol. The maximum absolute atomic E-state index is 12.9. The van der Waals surface area contributed by atoms with Gasteiger partial charge in [0.2, 0.25) is 0 Å². The van der Waals surface area contributed by atoms with Crippen molar-refractivity contribution >= 4 is 29.5 Å². The largest absolute Gasteiger partial charge is 0.493 e. The van der Waals surface area contributed by atoms with Gasteiger partial charge >= 0.3 is 12.1 Å². The lowest BCUT2D eigenvalue weighted by Gasteiger charge is -2.16. The number of alkyl halides is 3. The molecular formula is C20H15F3N2O5. The minimum Gasteiger partial charge on any atom is -0.493 e. The number of amides is 2. The second kappa shape index (κ2) is 7.90. The fourth-order valence-electron chi connectivity index (χ4n) is 2.74. The lowest BCUT2D eigenvalue weighted by atomic mass is 10.1. The highest BCUT2D eigenvalue weighted by Gasteiger charge is 2.36. The number of carbonyl (C=O) groups excluding carboxylic acids is 3. The first-order chi connectivity index (χ1) is 14.1. The predicted octanol–water partition coefficient (Wildman–Crippen LogP) is 3.10. The number of halogens is 3. The molecule has 3 rings (SSSR count). The van der Waals surface area contributed by atoms with Crippen LogP contribution in [-0.2, 0) is 20.6 Å². The summed E-state index contributed by atoms with van der Waals surface area (Å²) in [5.41, 5.74) is 1.26. The summed E-state index contributed by atoms with van der Waals surface area (Å²) < 4.78 is 48.9. The van der Waals surface area contributed by atoms with Crippen molar-refractivity contribution in [2.45, 2.75) is 13.1 Å². The Hall–Kier alpha value is -3.82. The molecule has 0 aliphatic carbocycles. The highest BCUT2D eigenvalue weighted by Crippen LogP contribution is 2.33. The van der Waals surface area contributed by atoms with Crippen molar-refractivity contribution in [3.63, 3.8) is 0 Å². The van der Waals surface area contributed by atoms with Gasteiger partial charge in [-0.25, -0.2) is 5.01 Å². The molecule has 1 heterocycles. The van der Waals surface area contributed by atoms with Gasteiger partial charge in [-0.15, -0.1) is 0 Å². The second-order valence-electron chi connectivity index (χ2n) is 6.19. The Kier molecular flexibility index (Phi) is 5.50. The lowest BCUT2D eigenvalue weighted by molar-refractivity contribution is -0.137. The minimum absolute atomic E-state index is 0.130. The molecule has 7 nitrogen and oxygen atoms in total. The standard InChI is InChI=1S/C20H15F3N2O5/c1-11(26)30-16-7-6-12(9-17(16)29-2)8-15-18(27)24-25(19(15)28)14-5-3-4-13(10-14)20(21,22)23/h3-10H,1-2H3,(H,24,27)/b15-8-. The third-order valence-electron chi connectivity index (χ3n) is 4.08. The van der Waals surface area contributed by atoms with Crippen LogP contribution in [0.15, 0.2) is 48.0 Å². The summed E-state index contributed by atoms with van der Waals surface area (Å²) in [6.07, 6.45) is -3.34. The zero-order valence-electron chi connectivity index (χ0n) is 15.7. The Morgan fingerprint density at radius 1 is 1.10 bits per heavy atom. The molecule has 0 atom stereocenters. The molecule has 0 radical (unpaired) electrons. The number of methoxy groups -OCH3 is 1. The molecule has 1 fully saturated rings. The van der Waals surface area contributed by atoms with Crippen LogP contribution in [0.2, 0.25) is 0 Å². The number of esters is 1. The van der Waals surface area contributed by atoms with Gasteiger partial charge in [0.25, 0.3) is 11.8 Å². The Morgan fingerprint density at radius 3 is 2.47 bits per heavy atom. The lowest BCUT2D eigenvalue weighted by Crippen LogP contribution is -2.35. The third-order valence-corrected chi connectivity index (χ3v) is 4.08. The van der Waals surface area contributed by atoms with E-state index in [0.29, 0.717) is 5.56 Å². The smallest absolute Gasteiger partial charge is 0.416 e. The van der Waals surface area contributed by atoms with Crippen LogP contribution in [0, 0.1) is 0 Å². The van der Waals surface area contributed by atoms with Crippen LogP contribution in [0.4, 0.5) is 18.9 Å². The van der Waals surface area contributed by atoms with E-state index in [1.54, 1.807) is 0 Å². The van der Waals surface area contributed by atoms with E-state index in [-0.39, 0.29) is 22.8 Å². The number of rotatable bonds is 4. The van der Waals surface area contributed by atoms with Crippen molar-refractivity contribution < 1.29 is 37.0 Å². The van der Waals surface area contributed by atoms with Gasteiger partial charge < -0.3 is 9.47 Å². The van der Waals surface area contributed by atoms with Crippen molar-refractivity contribution in [2.75, 3.05) is 12.1 Å². The molecule has 0 saturated carbocycles. The number of carbonyl (C=O) groups is 3. The highest BCUT2D eigenvalue weighted by atomic mass is 19.4. The van der Waals surface area contributed by atoms with E-state index in [2.05, 4.69) is 5.43 Å². The highest BCUT2D eigenvalue weighted by molar-refractivity contribution is 6.31. The molecule has 10 heteroatoms. The van der Waals surface area contributed by atoms with Crippen LogP contribution in [-0.4, -0.2) is 24.9 Å². The zero-order chi connectivity index (χ0) is 22.1. The van der Waals surface area contributed by atoms with Gasteiger partial charge in [0.05, 0.1) is 18.4 Å². The molecule has 1 aliphatic rings. The summed E-state index contributed by atoms with van der Waals surface area (Å²) in [6.45, 7) is 1.22. The van der Waals surface area contributed by atoms with Gasteiger partial charge in [-0.1, -0.05) is 12.1 Å². The number of hydrogen-bond acceptors (Lipinski definition) is 5. The van der Waals surface area contributed by atoms with E-state index in [1.165, 1.54) is 44.4 Å². The van der Waals surface area contributed by atoms with Gasteiger partial charge in [-0.05, 0) is 42.0 Å². The maximum atomic E-state index is 12.9. The number of benzene rings is 2. The van der Waals surface area contributed by atoms with E-state index in [9.17, 15) is 27.6 Å². The number of nitrogens with one attached hydrogen (secondary N) is 1. The summed E-state index contributed by atoms with van der Waals surface area (Å²) in [4.78, 5) is 36.0. The van der Waals surface area contributed by atoms with Crippen molar-refractivity contribution in [2.24, 2.45) is 0 Å². The second-order valence-corrected chi connectivity index (χ2v) is 6.19. The minimum atomic E-state index is -4.60. The first-order valence-corrected chi connectivity index (χ1v) is 8.51. The molecule has 1 N–H and O–H groups in total. The first kappa shape index (κ1) is 20.9. The Balaban J connectivity index is 1.92. The number of hydrazine groups is 1. The summed E-state index contributed by atoms with van der Waals surface area (Å²) in [7, 11) is 1.35. The quantitative estimate of drug-likeness (QED) is 0.356. The van der Waals surface area contributed by atoms with Crippen molar-refractivity contribution in [3.05, 3.63) is 59.2 Å². The summed E-state index contributed by atoms with van der Waals surface area (Å²) >= 11 is 0. The summed E-state index contributed by atoms with van der Waals surface area (Å²) in [5.74, 6) is -1.80. The average molecular weight is 420 g/mol. The normalized spacial score (nSPS) is 15.4. The fourth-order valence-corrected chi connectivity index (χ4v) is 2.74. The van der Waals surface area contributed by atoms with Gasteiger partial charge in [0.1, 0.15) is 5.57 Å². The van der Waals surface area contributed by atoms with E-state index in [4.69, 9.17) is 9.47 Å². The average Bonchev–Trinajstić information content (AvgIpc) is 2.96. The summed E-state index contributed by atoms with van der Waals surface area (Å²) in [6, 6.07) is 8.39. The van der Waals surface area contributed by atoms with Crippen LogP contribution in [0.5, 0.6) is 11.5 Å². The van der Waals surface area contributed by atoms with Crippen LogP contribution in [0.1, 0.15) is 18.1 Å². The third kappa shape index (κ3) is 4.27. The Bertz CT molecular complexity index is 1060. The molecule has 30 heavy (non-hydrogen) atoms. The molecule has 1 aliphatic heterocycles. The zero-order valence-corrected chi connectivity index (χ0v) is 15.7. The molecule has 156 valence electrons. The number of nitrogens with zero attached hydrogens (tertiary/aromatic N) is 1. The molecule has 2 aromatic rings. The molecule has 0 bridgehead atoms. The number of hydrogen-bond donors (Lipinski definition) is 1. The Morgan fingerprint density at radius 2 is 1.83 bits per heavy atom. The summed E-state index contributed by atoms with van der Waals surface area (Å²) in [5, 5.41) is 0.744. The van der Waals surface area contributed by atoms with Crippen molar-refractivity contribution in [1.29, 1.82) is 0 Å². The first-order valence-electron chi connectivity index (χ1n) is 8.51. The van der Waals surface area contributed by atoms with E-state index < -0.39 is 29.5 Å². The van der Waals surface area contributed by atoms with Gasteiger partial charge in [-0.3, -0.25) is 19.8 Å². The number of anilines is 1. The molecule has 0 spiro atoms. The SMILES string of the molecule is COc1cc(/C=C2/C(=O)NN(c3cccc(C(F)(F)F)c3)C2=O)ccc1OC(C)=O. The topological polar surface area (TPSA) is 84.9 Å². The molecule has 0 aromatic heterocycles. The van der Waals surface area contributed by atoms with Crippen LogP contribution >= 0.6 is 0 Å². The van der Waals surface area contributed by atoms with Crippen molar-refractivity contribution in [1.82, 2.24) is 5.43 Å². The maximum Gasteiger partial charge on any atom is 0.416 e. The molecule has 1 saturated heterocycles. The van der Waals surface area contributed by atoms with Crippen LogP contribution in [0.25, 0.3) is 6.08 Å². The number of ether oxygens (including phenoxy) is 2. The predicted molar refractivity (Wildman–Crippen MR) is 99.4 cm³/mol. The van der Waals surface area contributed by atoms with Crippen LogP contribution in [0.3, 0.4) is 0 Å². The van der Waals surface area contributed by atoms with E-state index in [1.807, 2.05) is 0 Å². The van der Waals surface area contributed by atoms with Gasteiger partial charge in [-0.2, -0.15) is 13.2 Å². The Labute approximate surface area is 168 Å². The fraction of sp³-hybridized carbons (Fsp3) is 0.150.